The maximum Gasteiger partial charge on any atom is 0.264 e. The summed E-state index contributed by atoms with van der Waals surface area (Å²) < 4.78 is 43.2. The van der Waals surface area contributed by atoms with Crippen LogP contribution in [-0.2, 0) is 32.6 Å². The molecule has 0 bridgehead atoms. The second-order valence-electron chi connectivity index (χ2n) is 11.6. The largest absolute Gasteiger partial charge is 0.352 e. The zero-order valence-electron chi connectivity index (χ0n) is 25.6. The predicted molar refractivity (Wildman–Crippen MR) is 178 cm³/mol. The summed E-state index contributed by atoms with van der Waals surface area (Å²) in [5, 5.41) is 3.52. The minimum atomic E-state index is -4.24. The van der Waals surface area contributed by atoms with Crippen molar-refractivity contribution in [3.8, 4) is 0 Å². The van der Waals surface area contributed by atoms with Gasteiger partial charge in [-0.05, 0) is 85.0 Å². The second-order valence-corrected chi connectivity index (χ2v) is 13.9. The Hall–Kier alpha value is -4.21. The smallest absolute Gasteiger partial charge is 0.264 e. The van der Waals surface area contributed by atoms with Gasteiger partial charge >= 0.3 is 0 Å². The number of halogens is 2. The van der Waals surface area contributed by atoms with Gasteiger partial charge in [0.1, 0.15) is 18.4 Å². The highest BCUT2D eigenvalue weighted by atomic mass is 35.5. The minimum Gasteiger partial charge on any atom is -0.352 e. The summed E-state index contributed by atoms with van der Waals surface area (Å²) >= 11 is 6.05. The molecule has 1 aliphatic carbocycles. The maximum atomic E-state index is 14.5. The van der Waals surface area contributed by atoms with Gasteiger partial charge in [0.25, 0.3) is 10.0 Å². The molecular weight excluding hydrogens is 625 g/mol. The van der Waals surface area contributed by atoms with E-state index >= 15 is 0 Å². The van der Waals surface area contributed by atoms with E-state index in [0.717, 1.165) is 41.1 Å². The number of carbonyl (C=O) groups excluding carboxylic acids is 2. The predicted octanol–water partition coefficient (Wildman–Crippen LogP) is 6.68. The Labute approximate surface area is 275 Å². The Kier molecular flexibility index (Phi) is 10.8. The molecular formula is C36H37ClFN3O4S. The van der Waals surface area contributed by atoms with Crippen LogP contribution in [0, 0.1) is 12.7 Å². The van der Waals surface area contributed by atoms with Gasteiger partial charge in [0.05, 0.1) is 10.6 Å². The highest BCUT2D eigenvalue weighted by Gasteiger charge is 2.35. The second kappa shape index (κ2) is 14.9. The number of hydrogen-bond acceptors (Lipinski definition) is 4. The van der Waals surface area contributed by atoms with Crippen molar-refractivity contribution >= 4 is 39.1 Å². The van der Waals surface area contributed by atoms with E-state index in [1.54, 1.807) is 30.3 Å². The molecule has 0 aliphatic heterocycles. The lowest BCUT2D eigenvalue weighted by Crippen LogP contribution is -2.54. The van der Waals surface area contributed by atoms with Gasteiger partial charge < -0.3 is 10.2 Å². The molecule has 0 unspecified atom stereocenters. The van der Waals surface area contributed by atoms with E-state index in [9.17, 15) is 22.4 Å². The molecule has 2 amide bonds. The molecule has 0 radical (unpaired) electrons. The molecule has 1 atom stereocenters. The normalized spacial score (nSPS) is 14.1. The molecule has 0 spiro atoms. The van der Waals surface area contributed by atoms with E-state index < -0.39 is 34.3 Å². The Morgan fingerprint density at radius 2 is 1.57 bits per heavy atom. The number of hydrogen-bond donors (Lipinski definition) is 1. The third kappa shape index (κ3) is 8.33. The average Bonchev–Trinajstić information content (AvgIpc) is 3.56. The molecule has 5 rings (SSSR count). The molecule has 46 heavy (non-hydrogen) atoms. The van der Waals surface area contributed by atoms with E-state index in [1.807, 2.05) is 43.3 Å². The van der Waals surface area contributed by atoms with Crippen LogP contribution in [0.5, 0.6) is 0 Å². The Morgan fingerprint density at radius 3 is 2.22 bits per heavy atom. The first-order chi connectivity index (χ1) is 22.1. The topological polar surface area (TPSA) is 86.8 Å². The van der Waals surface area contributed by atoms with Gasteiger partial charge in [-0.3, -0.25) is 13.9 Å². The van der Waals surface area contributed by atoms with Gasteiger partial charge in [-0.15, -0.1) is 0 Å². The summed E-state index contributed by atoms with van der Waals surface area (Å²) in [6, 6.07) is 26.8. The molecule has 240 valence electrons. The number of aryl methyl sites for hydroxylation is 1. The molecule has 7 nitrogen and oxygen atoms in total. The van der Waals surface area contributed by atoms with Gasteiger partial charge in [-0.25, -0.2) is 12.8 Å². The quantitative estimate of drug-likeness (QED) is 0.184. The number of anilines is 1. The number of sulfonamides is 1. The fraction of sp³-hybridized carbons (Fsp3) is 0.278. The summed E-state index contributed by atoms with van der Waals surface area (Å²) in [4.78, 5) is 30.0. The fourth-order valence-corrected chi connectivity index (χ4v) is 7.29. The zero-order chi connectivity index (χ0) is 32.7. The summed E-state index contributed by atoms with van der Waals surface area (Å²) in [6.07, 6.45) is 3.95. The third-order valence-corrected chi connectivity index (χ3v) is 10.2. The van der Waals surface area contributed by atoms with Crippen LogP contribution < -0.4 is 9.62 Å². The molecule has 0 heterocycles. The number of carbonyl (C=O) groups is 2. The molecule has 4 aromatic carbocycles. The van der Waals surface area contributed by atoms with Crippen LogP contribution >= 0.6 is 11.6 Å². The van der Waals surface area contributed by atoms with Crippen LogP contribution in [0.4, 0.5) is 10.1 Å². The van der Waals surface area contributed by atoms with Crippen molar-refractivity contribution in [1.29, 1.82) is 0 Å². The third-order valence-electron chi connectivity index (χ3n) is 8.21. The van der Waals surface area contributed by atoms with Crippen molar-refractivity contribution in [2.75, 3.05) is 10.8 Å². The van der Waals surface area contributed by atoms with Gasteiger partial charge in [0.2, 0.25) is 11.8 Å². The lowest BCUT2D eigenvalue weighted by molar-refractivity contribution is -0.140. The molecule has 10 heteroatoms. The molecule has 1 aliphatic rings. The van der Waals surface area contributed by atoms with Crippen LogP contribution in [0.2, 0.25) is 5.02 Å². The highest BCUT2D eigenvalue weighted by Crippen LogP contribution is 2.27. The van der Waals surface area contributed by atoms with Gasteiger partial charge in [0.15, 0.2) is 0 Å². The van der Waals surface area contributed by atoms with E-state index in [0.29, 0.717) is 16.3 Å². The van der Waals surface area contributed by atoms with Gasteiger partial charge in [-0.2, -0.15) is 0 Å². The first-order valence-corrected chi connectivity index (χ1v) is 17.1. The number of nitrogens with one attached hydrogen (secondary N) is 1. The van der Waals surface area contributed by atoms with E-state index in [2.05, 4.69) is 5.32 Å². The van der Waals surface area contributed by atoms with Crippen molar-refractivity contribution < 1.29 is 22.4 Å². The van der Waals surface area contributed by atoms with Crippen LogP contribution in [0.25, 0.3) is 0 Å². The van der Waals surface area contributed by atoms with E-state index in [1.165, 1.54) is 41.3 Å². The van der Waals surface area contributed by atoms with Crippen molar-refractivity contribution in [2.24, 2.45) is 0 Å². The first kappa shape index (κ1) is 33.2. The zero-order valence-corrected chi connectivity index (χ0v) is 27.2. The van der Waals surface area contributed by atoms with Gasteiger partial charge in [-0.1, -0.05) is 79.0 Å². The fourth-order valence-electron chi connectivity index (χ4n) is 5.75. The summed E-state index contributed by atoms with van der Waals surface area (Å²) in [7, 11) is -4.24. The first-order valence-electron chi connectivity index (χ1n) is 15.3. The summed E-state index contributed by atoms with van der Waals surface area (Å²) in [5.74, 6) is -1.32. The Morgan fingerprint density at radius 1 is 0.891 bits per heavy atom. The lowest BCUT2D eigenvalue weighted by atomic mass is 10.0. The number of rotatable bonds is 12. The van der Waals surface area contributed by atoms with E-state index in [4.69, 9.17) is 11.6 Å². The monoisotopic (exact) mass is 661 g/mol. The van der Waals surface area contributed by atoms with Crippen molar-refractivity contribution in [1.82, 2.24) is 10.2 Å². The van der Waals surface area contributed by atoms with E-state index in [-0.39, 0.29) is 29.8 Å². The van der Waals surface area contributed by atoms with Crippen LogP contribution in [0.1, 0.15) is 42.4 Å². The molecule has 0 saturated heterocycles. The van der Waals surface area contributed by atoms with Crippen LogP contribution in [0.3, 0.4) is 0 Å². The number of amides is 2. The van der Waals surface area contributed by atoms with Gasteiger partial charge in [0, 0.05) is 24.0 Å². The van der Waals surface area contributed by atoms with Crippen molar-refractivity contribution in [3.05, 3.63) is 131 Å². The highest BCUT2D eigenvalue weighted by molar-refractivity contribution is 7.92. The summed E-state index contributed by atoms with van der Waals surface area (Å²) in [6.45, 7) is 1.23. The Balaban J connectivity index is 1.56. The molecule has 1 saturated carbocycles. The van der Waals surface area contributed by atoms with Crippen LogP contribution in [0.15, 0.2) is 108 Å². The number of benzene rings is 4. The molecule has 4 aromatic rings. The number of nitrogens with zero attached hydrogens (tertiary/aromatic N) is 2. The lowest BCUT2D eigenvalue weighted by Gasteiger charge is -2.34. The van der Waals surface area contributed by atoms with Crippen molar-refractivity contribution in [3.63, 3.8) is 0 Å². The molecule has 1 fully saturated rings. The molecule has 1 N–H and O–H groups in total. The summed E-state index contributed by atoms with van der Waals surface area (Å²) in [5.41, 5.74) is 2.56. The van der Waals surface area contributed by atoms with Crippen molar-refractivity contribution in [2.45, 2.75) is 62.6 Å². The minimum absolute atomic E-state index is 0.00243. The average molecular weight is 662 g/mol. The SMILES string of the molecule is Cc1cccc(N(CC(=O)N(Cc2ccc(F)cc2)[C@H](Cc2ccccc2)C(=O)NC2CCCC2)S(=O)(=O)c2ccc(Cl)cc2)c1. The van der Waals surface area contributed by atoms with Crippen LogP contribution in [-0.4, -0.2) is 43.8 Å². The molecule has 0 aromatic heterocycles. The maximum absolute atomic E-state index is 14.5. The Bertz CT molecular complexity index is 1750. The standard InChI is InChI=1S/C36H37ClFN3O4S/c1-26-8-7-13-32(22-26)41(46(44,45)33-20-16-29(37)17-21-33)25-35(42)40(24-28-14-18-30(38)19-15-28)34(23-27-9-3-2-4-10-27)36(43)39-31-11-5-6-12-31/h2-4,7-10,13-22,31,34H,5-6,11-12,23-25H2,1H3,(H,39,43)/t34-/m1/s1.